The molecule has 0 aliphatic carbocycles. The average molecular weight is 824 g/mol. The Kier molecular flexibility index (Phi) is 16.9. The van der Waals surface area contributed by atoms with E-state index in [0.717, 1.165) is 5.57 Å². The van der Waals surface area contributed by atoms with Crippen molar-refractivity contribution < 1.29 is 48.1 Å². The molecule has 0 fully saturated rings. The zero-order valence-corrected chi connectivity index (χ0v) is 36.5. The Bertz CT molecular complexity index is 1820. The summed E-state index contributed by atoms with van der Waals surface area (Å²) in [5.41, 5.74) is 2.80. The second-order valence-electron chi connectivity index (χ2n) is 15.7. The number of aliphatic hydroxyl groups excluding tert-OH is 1. The summed E-state index contributed by atoms with van der Waals surface area (Å²) in [5, 5.41) is 29.4. The fraction of sp³-hybridized carbons (Fsp3) is 0.500. The Morgan fingerprint density at radius 3 is 2.02 bits per heavy atom. The highest BCUT2D eigenvalue weighted by Gasteiger charge is 2.47. The van der Waals surface area contributed by atoms with Crippen molar-refractivity contribution in [3.63, 3.8) is 0 Å². The van der Waals surface area contributed by atoms with Gasteiger partial charge < -0.3 is 45.0 Å². The molecule has 318 valence electrons. The van der Waals surface area contributed by atoms with E-state index in [4.69, 9.17) is 19.0 Å². The molecule has 2 aromatic carbocycles. The topological polar surface area (TPSA) is 205 Å². The third-order valence-corrected chi connectivity index (χ3v) is 16.3. The lowest BCUT2D eigenvalue weighted by Gasteiger charge is -2.42. The molecule has 15 nitrogen and oxygen atoms in total. The van der Waals surface area contributed by atoms with E-state index in [0.29, 0.717) is 29.2 Å². The van der Waals surface area contributed by atoms with Gasteiger partial charge in [-0.2, -0.15) is 0 Å². The van der Waals surface area contributed by atoms with Crippen LogP contribution in [0.25, 0.3) is 0 Å². The standard InChI is InChI=1S/C42H61N5O10Si/c1-12-13-30-18-32(22-48)47(21-30)40(51)33-19-35(55-11)36(57-58(25(4)5,26(6)7)27(8)9)20-34(33)45-42(54)56-23-29-14-16-31(17-15-29)44-38(49)28(10)43-39(50)37(24(2)3)46-41(52)53/h12-17,19-21,24-28,32,37,46,48H,18,22-23H2,1-11H3,(H,43,50)(H,44,49)(H,45,54)(H,52,53)/t28-,32-,37-/m0/s1. The van der Waals surface area contributed by atoms with Gasteiger partial charge in [-0.1, -0.05) is 79.7 Å². The molecule has 3 rings (SSSR count). The summed E-state index contributed by atoms with van der Waals surface area (Å²) in [4.78, 5) is 65.6. The molecule has 1 aliphatic heterocycles. The van der Waals surface area contributed by atoms with E-state index in [1.54, 1.807) is 56.4 Å². The zero-order chi connectivity index (χ0) is 43.5. The van der Waals surface area contributed by atoms with Gasteiger partial charge in [0, 0.05) is 18.0 Å². The van der Waals surface area contributed by atoms with Crippen LogP contribution in [0.1, 0.15) is 91.6 Å². The van der Waals surface area contributed by atoms with Gasteiger partial charge in [-0.3, -0.25) is 19.7 Å². The van der Waals surface area contributed by atoms with Crippen LogP contribution in [0.3, 0.4) is 0 Å². The highest BCUT2D eigenvalue weighted by molar-refractivity contribution is 6.78. The monoisotopic (exact) mass is 823 g/mol. The molecular formula is C42H61N5O10Si. The summed E-state index contributed by atoms with van der Waals surface area (Å²) in [7, 11) is -1.03. The molecule has 0 unspecified atom stereocenters. The van der Waals surface area contributed by atoms with Gasteiger partial charge in [-0.15, -0.1) is 0 Å². The van der Waals surface area contributed by atoms with E-state index < -0.39 is 56.4 Å². The van der Waals surface area contributed by atoms with Crippen molar-refractivity contribution in [3.8, 4) is 11.5 Å². The number of hydrogen-bond acceptors (Lipinski definition) is 9. The number of benzene rings is 2. The molecular weight excluding hydrogens is 763 g/mol. The lowest BCUT2D eigenvalue weighted by atomic mass is 10.0. The maximum atomic E-state index is 14.2. The number of aliphatic hydroxyl groups is 1. The number of hydrogen-bond donors (Lipinski definition) is 6. The minimum Gasteiger partial charge on any atom is -0.540 e. The minimum absolute atomic E-state index is 0.117. The van der Waals surface area contributed by atoms with Crippen LogP contribution in [0.5, 0.6) is 11.5 Å². The van der Waals surface area contributed by atoms with Crippen LogP contribution in [-0.2, 0) is 20.9 Å². The second kappa shape index (κ2) is 20.9. The number of methoxy groups -OCH3 is 1. The van der Waals surface area contributed by atoms with Crippen molar-refractivity contribution in [2.45, 2.75) is 117 Å². The van der Waals surface area contributed by atoms with Gasteiger partial charge in [-0.05, 0) is 72.1 Å². The van der Waals surface area contributed by atoms with Gasteiger partial charge >= 0.3 is 12.2 Å². The van der Waals surface area contributed by atoms with Crippen LogP contribution in [-0.4, -0.2) is 85.2 Å². The molecule has 2 aromatic rings. The molecule has 16 heteroatoms. The van der Waals surface area contributed by atoms with Gasteiger partial charge in [0.2, 0.25) is 11.8 Å². The molecule has 58 heavy (non-hydrogen) atoms. The van der Waals surface area contributed by atoms with Crippen LogP contribution in [0.15, 0.2) is 60.3 Å². The van der Waals surface area contributed by atoms with Gasteiger partial charge in [-0.25, -0.2) is 9.59 Å². The van der Waals surface area contributed by atoms with Gasteiger partial charge in [0.1, 0.15) is 24.4 Å². The molecule has 0 radical (unpaired) electrons. The molecule has 0 saturated carbocycles. The van der Waals surface area contributed by atoms with Crippen molar-refractivity contribution in [2.75, 3.05) is 24.4 Å². The summed E-state index contributed by atoms with van der Waals surface area (Å²) in [6, 6.07) is 7.16. The first-order valence-electron chi connectivity index (χ1n) is 19.6. The van der Waals surface area contributed by atoms with Crippen LogP contribution in [0, 0.1) is 5.92 Å². The highest BCUT2D eigenvalue weighted by Crippen LogP contribution is 2.46. The quantitative estimate of drug-likeness (QED) is 0.0822. The maximum Gasteiger partial charge on any atom is 0.411 e. The normalized spacial score (nSPS) is 15.3. The Labute approximate surface area is 342 Å². The smallest absolute Gasteiger partial charge is 0.411 e. The number of nitrogens with one attached hydrogen (secondary N) is 4. The Morgan fingerprint density at radius 2 is 1.50 bits per heavy atom. The molecule has 0 aromatic heterocycles. The number of amides is 5. The zero-order valence-electron chi connectivity index (χ0n) is 35.5. The summed E-state index contributed by atoms with van der Waals surface area (Å²) in [6.07, 6.45) is 3.72. The Morgan fingerprint density at radius 1 is 0.879 bits per heavy atom. The second-order valence-corrected chi connectivity index (χ2v) is 21.1. The van der Waals surface area contributed by atoms with E-state index >= 15 is 0 Å². The first kappa shape index (κ1) is 47.0. The lowest BCUT2D eigenvalue weighted by molar-refractivity contribution is -0.128. The number of anilines is 2. The van der Waals surface area contributed by atoms with Crippen molar-refractivity contribution >= 4 is 49.6 Å². The predicted octanol–water partition coefficient (Wildman–Crippen LogP) is 7.40. The van der Waals surface area contributed by atoms with Crippen molar-refractivity contribution in [3.05, 3.63) is 71.5 Å². The fourth-order valence-electron chi connectivity index (χ4n) is 7.44. The van der Waals surface area contributed by atoms with Crippen LogP contribution < -0.4 is 30.4 Å². The first-order valence-corrected chi connectivity index (χ1v) is 21.7. The van der Waals surface area contributed by atoms with Gasteiger partial charge in [0.05, 0.1) is 31.0 Å². The fourth-order valence-corrected chi connectivity index (χ4v) is 12.7. The summed E-state index contributed by atoms with van der Waals surface area (Å²) >= 11 is 0. The van der Waals surface area contributed by atoms with Crippen molar-refractivity contribution in [1.29, 1.82) is 0 Å². The predicted molar refractivity (Wildman–Crippen MR) is 225 cm³/mol. The van der Waals surface area contributed by atoms with Crippen LogP contribution in [0.2, 0.25) is 16.6 Å². The van der Waals surface area contributed by atoms with E-state index in [2.05, 4.69) is 62.8 Å². The van der Waals surface area contributed by atoms with Gasteiger partial charge in [0.15, 0.2) is 5.75 Å². The van der Waals surface area contributed by atoms with Crippen molar-refractivity contribution in [1.82, 2.24) is 15.5 Å². The summed E-state index contributed by atoms with van der Waals surface area (Å²) < 4.78 is 18.4. The first-order chi connectivity index (χ1) is 27.3. The van der Waals surface area contributed by atoms with E-state index in [9.17, 15) is 29.1 Å². The van der Waals surface area contributed by atoms with Crippen LogP contribution in [0.4, 0.5) is 21.0 Å². The molecule has 0 bridgehead atoms. The Hall–Kier alpha value is -5.35. The number of allylic oxidation sites excluding steroid dienone is 2. The lowest BCUT2D eigenvalue weighted by Crippen LogP contribution is -2.53. The number of ether oxygens (including phenoxy) is 2. The van der Waals surface area contributed by atoms with Crippen LogP contribution >= 0.6 is 0 Å². The number of rotatable bonds is 18. The molecule has 5 amide bonds. The van der Waals surface area contributed by atoms with E-state index in [-0.39, 0.29) is 47.0 Å². The molecule has 0 spiro atoms. The average Bonchev–Trinajstić information content (AvgIpc) is 3.57. The largest absolute Gasteiger partial charge is 0.540 e. The molecule has 1 aliphatic rings. The van der Waals surface area contributed by atoms with Gasteiger partial charge in [0.25, 0.3) is 14.2 Å². The van der Waals surface area contributed by atoms with Crippen molar-refractivity contribution in [2.24, 2.45) is 5.92 Å². The SMILES string of the molecule is CC=CC1=CN(C(=O)c2cc(OC)c(O[Si](C(C)C)(C(C)C)C(C)C)cc2NC(=O)OCc2ccc(NC(=O)[C@H](C)NC(=O)[C@@H](NC(=O)O)C(C)C)cc2)[C@H](CO)C1. The molecule has 1 heterocycles. The Balaban J connectivity index is 1.85. The maximum absolute atomic E-state index is 14.2. The minimum atomic E-state index is -2.52. The number of carbonyl (C=O) groups is 5. The van der Waals surface area contributed by atoms with E-state index in [1.807, 2.05) is 19.1 Å². The number of carboxylic acid groups (broad SMARTS) is 1. The third-order valence-electron chi connectivity index (χ3n) is 10.3. The summed E-state index contributed by atoms with van der Waals surface area (Å²) in [6.45, 7) is 19.2. The third kappa shape index (κ3) is 11.6. The number of nitrogens with zero attached hydrogens (tertiary/aromatic N) is 1. The molecule has 3 atom stereocenters. The molecule has 0 saturated heterocycles. The number of carbonyl (C=O) groups excluding carboxylic acids is 4. The highest BCUT2D eigenvalue weighted by atomic mass is 28.4. The summed E-state index contributed by atoms with van der Waals surface area (Å²) in [5.74, 6) is -1.22. The van der Waals surface area contributed by atoms with E-state index in [1.165, 1.54) is 18.9 Å². The molecule has 6 N–H and O–H groups in total.